The predicted octanol–water partition coefficient (Wildman–Crippen LogP) is 4.61. The van der Waals surface area contributed by atoms with E-state index in [0.717, 1.165) is 53.4 Å². The Labute approximate surface area is 210 Å². The lowest BCUT2D eigenvalue weighted by Crippen LogP contribution is -2.64. The number of hydrogen-bond donors (Lipinski definition) is 1. The van der Waals surface area contributed by atoms with E-state index in [4.69, 9.17) is 0 Å². The zero-order chi connectivity index (χ0) is 24.9. The van der Waals surface area contributed by atoms with Crippen molar-refractivity contribution in [3.05, 3.63) is 84.1 Å². The number of fused-ring (bicyclic) bond motifs is 3. The quantitative estimate of drug-likeness (QED) is 0.453. The molecule has 0 bridgehead atoms. The summed E-state index contributed by atoms with van der Waals surface area (Å²) in [5.41, 5.74) is 3.41. The molecular formula is C29H31N5O2. The number of pyridine rings is 1. The molecule has 0 unspecified atom stereocenters. The van der Waals surface area contributed by atoms with E-state index >= 15 is 0 Å². The van der Waals surface area contributed by atoms with Crippen LogP contribution in [-0.4, -0.2) is 42.4 Å². The van der Waals surface area contributed by atoms with Gasteiger partial charge in [-0.25, -0.2) is 0 Å². The fourth-order valence-corrected chi connectivity index (χ4v) is 5.85. The minimum absolute atomic E-state index is 0.0891. The zero-order valence-corrected chi connectivity index (χ0v) is 20.8. The first kappa shape index (κ1) is 22.6. The van der Waals surface area contributed by atoms with Crippen molar-refractivity contribution in [3.8, 4) is 5.69 Å². The van der Waals surface area contributed by atoms with E-state index in [1.54, 1.807) is 17.3 Å². The van der Waals surface area contributed by atoms with Crippen molar-refractivity contribution in [3.63, 3.8) is 0 Å². The molecule has 0 spiro atoms. The number of benzene rings is 1. The fourth-order valence-electron chi connectivity index (χ4n) is 5.85. The SMILES string of the molecule is Cc1ccc2c(c1)c(-n1cccc1)c1n2C[C@](C)(C(=O)NC2CCCC2)N(Cc2cccnc2)C1=O. The minimum atomic E-state index is -1.05. The molecule has 184 valence electrons. The summed E-state index contributed by atoms with van der Waals surface area (Å²) in [6, 6.07) is 14.2. The fraction of sp³-hybridized carbons (Fsp3) is 0.345. The van der Waals surface area contributed by atoms with Gasteiger partial charge < -0.3 is 19.4 Å². The molecule has 6 rings (SSSR count). The van der Waals surface area contributed by atoms with Gasteiger partial charge in [0.1, 0.15) is 11.2 Å². The number of aryl methyl sites for hydroxylation is 1. The van der Waals surface area contributed by atoms with E-state index in [-0.39, 0.29) is 17.9 Å². The molecule has 4 heterocycles. The van der Waals surface area contributed by atoms with Gasteiger partial charge in [-0.05, 0) is 62.6 Å². The van der Waals surface area contributed by atoms with Gasteiger partial charge in [0.25, 0.3) is 5.91 Å². The maximum absolute atomic E-state index is 14.4. The summed E-state index contributed by atoms with van der Waals surface area (Å²) in [5.74, 6) is -0.236. The number of aromatic nitrogens is 3. The van der Waals surface area contributed by atoms with E-state index in [9.17, 15) is 9.59 Å². The molecule has 4 aromatic rings. The first-order valence-corrected chi connectivity index (χ1v) is 12.7. The highest BCUT2D eigenvalue weighted by Gasteiger charge is 2.49. The van der Waals surface area contributed by atoms with E-state index in [1.807, 2.05) is 48.1 Å². The predicted molar refractivity (Wildman–Crippen MR) is 139 cm³/mol. The Balaban J connectivity index is 1.53. The van der Waals surface area contributed by atoms with Crippen molar-refractivity contribution in [1.82, 2.24) is 24.3 Å². The Morgan fingerprint density at radius 1 is 1.14 bits per heavy atom. The molecule has 1 aliphatic heterocycles. The number of hydrogen-bond acceptors (Lipinski definition) is 3. The summed E-state index contributed by atoms with van der Waals surface area (Å²) >= 11 is 0. The van der Waals surface area contributed by atoms with Crippen molar-refractivity contribution in [2.75, 3.05) is 0 Å². The second kappa shape index (κ2) is 8.66. The van der Waals surface area contributed by atoms with Crippen molar-refractivity contribution < 1.29 is 9.59 Å². The molecule has 7 heteroatoms. The summed E-state index contributed by atoms with van der Waals surface area (Å²) in [6.45, 7) is 4.66. The molecule has 2 amide bonds. The van der Waals surface area contributed by atoms with Crippen molar-refractivity contribution in [2.45, 2.75) is 64.2 Å². The molecule has 2 aliphatic rings. The normalized spacial score (nSPS) is 20.2. The molecule has 0 saturated heterocycles. The highest BCUT2D eigenvalue weighted by molar-refractivity contribution is 6.09. The molecule has 7 nitrogen and oxygen atoms in total. The molecule has 1 atom stereocenters. The van der Waals surface area contributed by atoms with Gasteiger partial charge in [-0.15, -0.1) is 0 Å². The van der Waals surface area contributed by atoms with Gasteiger partial charge in [0.15, 0.2) is 0 Å². The molecule has 36 heavy (non-hydrogen) atoms. The minimum Gasteiger partial charge on any atom is -0.351 e. The van der Waals surface area contributed by atoms with Gasteiger partial charge in [-0.3, -0.25) is 14.6 Å². The highest BCUT2D eigenvalue weighted by Crippen LogP contribution is 2.39. The van der Waals surface area contributed by atoms with E-state index in [1.165, 1.54) is 0 Å². The van der Waals surface area contributed by atoms with Gasteiger partial charge in [-0.1, -0.05) is 30.5 Å². The Kier molecular flexibility index (Phi) is 5.43. The third kappa shape index (κ3) is 3.61. The number of amides is 2. The van der Waals surface area contributed by atoms with Gasteiger partial charge in [0.05, 0.1) is 17.7 Å². The standard InChI is InChI=1S/C29H31N5O2/c1-20-11-12-24-23(16-20)25(32-14-5-6-15-32)26-27(35)34(18-21-8-7-13-30-17-21)29(2,19-33(24)26)28(36)31-22-9-3-4-10-22/h5-8,11-17,22H,3-4,9-10,18-19H2,1-2H3,(H,31,36)/t29-/m1/s1. The van der Waals surface area contributed by atoms with Gasteiger partial charge in [-0.2, -0.15) is 0 Å². The Bertz CT molecular complexity index is 1430. The first-order chi connectivity index (χ1) is 17.5. The maximum atomic E-state index is 14.4. The van der Waals surface area contributed by atoms with Crippen LogP contribution in [0.4, 0.5) is 0 Å². The summed E-state index contributed by atoms with van der Waals surface area (Å²) in [7, 11) is 0. The van der Waals surface area contributed by atoms with Crippen LogP contribution in [0.1, 0.15) is 54.2 Å². The second-order valence-electron chi connectivity index (χ2n) is 10.4. The Morgan fingerprint density at radius 2 is 1.92 bits per heavy atom. The number of carbonyl (C=O) groups excluding carboxylic acids is 2. The van der Waals surface area contributed by atoms with Crippen molar-refractivity contribution in [2.24, 2.45) is 0 Å². The third-order valence-electron chi connectivity index (χ3n) is 7.81. The molecule has 1 fully saturated rings. The largest absolute Gasteiger partial charge is 0.351 e. The number of rotatable bonds is 5. The van der Waals surface area contributed by atoms with Crippen LogP contribution in [0.15, 0.2) is 67.3 Å². The summed E-state index contributed by atoms with van der Waals surface area (Å²) in [5, 5.41) is 4.29. The second-order valence-corrected chi connectivity index (χ2v) is 10.4. The van der Waals surface area contributed by atoms with E-state index in [0.29, 0.717) is 18.8 Å². The molecule has 1 aliphatic carbocycles. The summed E-state index contributed by atoms with van der Waals surface area (Å²) < 4.78 is 4.06. The molecule has 1 saturated carbocycles. The van der Waals surface area contributed by atoms with Crippen LogP contribution < -0.4 is 5.32 Å². The summed E-state index contributed by atoms with van der Waals surface area (Å²) in [4.78, 5) is 34.4. The monoisotopic (exact) mass is 481 g/mol. The van der Waals surface area contributed by atoms with Gasteiger partial charge >= 0.3 is 0 Å². The topological polar surface area (TPSA) is 72.2 Å². The molecular weight excluding hydrogens is 450 g/mol. The lowest BCUT2D eigenvalue weighted by atomic mass is 9.93. The van der Waals surface area contributed by atoms with Crippen LogP contribution in [-0.2, 0) is 17.9 Å². The summed E-state index contributed by atoms with van der Waals surface area (Å²) in [6.07, 6.45) is 11.7. The number of carbonyl (C=O) groups is 2. The Hall–Kier alpha value is -3.87. The van der Waals surface area contributed by atoms with Crippen LogP contribution in [0.25, 0.3) is 16.6 Å². The van der Waals surface area contributed by atoms with Crippen LogP contribution >= 0.6 is 0 Å². The average molecular weight is 482 g/mol. The third-order valence-corrected chi connectivity index (χ3v) is 7.81. The van der Waals surface area contributed by atoms with Crippen molar-refractivity contribution in [1.29, 1.82) is 0 Å². The lowest BCUT2D eigenvalue weighted by Gasteiger charge is -2.44. The van der Waals surface area contributed by atoms with Crippen LogP contribution in [0.2, 0.25) is 0 Å². The molecule has 1 aromatic carbocycles. The van der Waals surface area contributed by atoms with Crippen LogP contribution in [0, 0.1) is 6.92 Å². The average Bonchev–Trinajstić information content (AvgIpc) is 3.63. The maximum Gasteiger partial charge on any atom is 0.273 e. The molecule has 0 radical (unpaired) electrons. The molecule has 1 N–H and O–H groups in total. The van der Waals surface area contributed by atoms with E-state index < -0.39 is 5.54 Å². The van der Waals surface area contributed by atoms with E-state index in [2.05, 4.69) is 40.0 Å². The first-order valence-electron chi connectivity index (χ1n) is 12.7. The zero-order valence-electron chi connectivity index (χ0n) is 20.8. The highest BCUT2D eigenvalue weighted by atomic mass is 16.2. The van der Waals surface area contributed by atoms with Crippen molar-refractivity contribution >= 4 is 22.7 Å². The number of nitrogens with one attached hydrogen (secondary N) is 1. The lowest BCUT2D eigenvalue weighted by molar-refractivity contribution is -0.133. The van der Waals surface area contributed by atoms with Gasteiger partial charge in [0, 0.05) is 42.8 Å². The van der Waals surface area contributed by atoms with Crippen LogP contribution in [0.3, 0.4) is 0 Å². The van der Waals surface area contributed by atoms with Gasteiger partial charge in [0.2, 0.25) is 5.91 Å². The molecule has 3 aromatic heterocycles. The smallest absolute Gasteiger partial charge is 0.273 e. The van der Waals surface area contributed by atoms with Crippen LogP contribution in [0.5, 0.6) is 0 Å². The number of nitrogens with zero attached hydrogens (tertiary/aromatic N) is 4. The Morgan fingerprint density at radius 3 is 2.64 bits per heavy atom.